The van der Waals surface area contributed by atoms with Gasteiger partial charge in [-0.05, 0) is 44.5 Å². The first kappa shape index (κ1) is 27.7. The maximum absolute atomic E-state index is 14.4. The minimum atomic E-state index is -4.17. The lowest BCUT2D eigenvalue weighted by atomic mass is 10.1. The third kappa shape index (κ3) is 5.71. The van der Waals surface area contributed by atoms with E-state index in [4.69, 9.17) is 25.8 Å². The Hall–Kier alpha value is -1.83. The standard InChI is InChI=1S/C23H26ClF2N4O6PS/c1-11(13-5-4-12(25)8-15(13)26)27-19-14-6-7-30(20(14)29-22(24)28-19)21-18-17(35-23(2,3)36-18)16(34-21)9-38-10-37(31,32)33/h4-8,11,16-18,21H,9-10H2,1-3H3,(H,27,28,29)(H2,31,32,33)/t11?,16-,17-,18-,21-/m1/s1. The largest absolute Gasteiger partial charge is 0.363 e. The predicted octanol–water partition coefficient (Wildman–Crippen LogP) is 4.82. The van der Waals surface area contributed by atoms with Gasteiger partial charge >= 0.3 is 7.60 Å². The van der Waals surface area contributed by atoms with Crippen molar-refractivity contribution in [3.8, 4) is 0 Å². The Morgan fingerprint density at radius 3 is 2.68 bits per heavy atom. The normalized spacial score (nSPS) is 25.6. The van der Waals surface area contributed by atoms with Gasteiger partial charge < -0.3 is 33.9 Å². The second-order valence-corrected chi connectivity index (χ2v) is 13.1. The molecule has 2 aromatic heterocycles. The molecular weight excluding hydrogens is 565 g/mol. The van der Waals surface area contributed by atoms with Crippen LogP contribution in [0.2, 0.25) is 5.28 Å². The molecule has 0 amide bonds. The van der Waals surface area contributed by atoms with Gasteiger partial charge in [-0.2, -0.15) is 4.98 Å². The van der Waals surface area contributed by atoms with E-state index in [9.17, 15) is 23.1 Å². The summed E-state index contributed by atoms with van der Waals surface area (Å²) in [7, 11) is -4.17. The average Bonchev–Trinajstić information content (AvgIpc) is 3.44. The molecule has 3 aromatic rings. The number of hydrogen-bond donors (Lipinski definition) is 3. The molecule has 1 unspecified atom stereocenters. The lowest BCUT2D eigenvalue weighted by Crippen LogP contribution is -2.31. The van der Waals surface area contributed by atoms with Gasteiger partial charge in [0, 0.05) is 23.6 Å². The summed E-state index contributed by atoms with van der Waals surface area (Å²) in [6, 6.07) is 4.56. The summed E-state index contributed by atoms with van der Waals surface area (Å²) in [6.45, 7) is 5.28. The number of fused-ring (bicyclic) bond motifs is 2. The van der Waals surface area contributed by atoms with E-state index in [0.717, 1.165) is 17.8 Å². The lowest BCUT2D eigenvalue weighted by Gasteiger charge is -2.25. The van der Waals surface area contributed by atoms with Gasteiger partial charge in [-0.15, -0.1) is 11.8 Å². The van der Waals surface area contributed by atoms with Crippen molar-refractivity contribution in [1.82, 2.24) is 14.5 Å². The van der Waals surface area contributed by atoms with Crippen molar-refractivity contribution < 1.29 is 37.3 Å². The average molecular weight is 591 g/mol. The monoisotopic (exact) mass is 590 g/mol. The summed E-state index contributed by atoms with van der Waals surface area (Å²) in [5.41, 5.74) is 0.348. The smallest absolute Gasteiger partial charge is 0.335 e. The van der Waals surface area contributed by atoms with E-state index in [1.54, 1.807) is 37.6 Å². The van der Waals surface area contributed by atoms with Crippen LogP contribution in [-0.2, 0) is 18.8 Å². The molecule has 0 saturated carbocycles. The second-order valence-electron chi connectivity index (χ2n) is 9.63. The Kier molecular flexibility index (Phi) is 7.51. The summed E-state index contributed by atoms with van der Waals surface area (Å²) in [4.78, 5) is 27.1. The zero-order valence-corrected chi connectivity index (χ0v) is 23.0. The van der Waals surface area contributed by atoms with E-state index in [1.807, 2.05) is 0 Å². The minimum absolute atomic E-state index is 0.0565. The first-order chi connectivity index (χ1) is 17.8. The fourth-order valence-electron chi connectivity index (χ4n) is 4.76. The molecule has 2 aliphatic heterocycles. The summed E-state index contributed by atoms with van der Waals surface area (Å²) in [5.74, 6) is -1.61. The van der Waals surface area contributed by atoms with Crippen molar-refractivity contribution in [2.24, 2.45) is 0 Å². The maximum atomic E-state index is 14.4. The molecule has 15 heteroatoms. The summed E-state index contributed by atoms with van der Waals surface area (Å²) >= 11 is 7.34. The fourth-order valence-corrected chi connectivity index (χ4v) is 6.80. The van der Waals surface area contributed by atoms with Crippen molar-refractivity contribution in [2.75, 3.05) is 16.6 Å². The van der Waals surface area contributed by atoms with Crippen LogP contribution < -0.4 is 5.32 Å². The van der Waals surface area contributed by atoms with Gasteiger partial charge in [-0.25, -0.2) is 13.8 Å². The number of anilines is 1. The summed E-state index contributed by atoms with van der Waals surface area (Å²) < 4.78 is 59.3. The summed E-state index contributed by atoms with van der Waals surface area (Å²) in [5, 5.41) is 3.66. The number of halogens is 3. The maximum Gasteiger partial charge on any atom is 0.335 e. The number of aromatic nitrogens is 3. The van der Waals surface area contributed by atoms with Gasteiger partial charge in [-0.1, -0.05) is 6.07 Å². The number of nitrogens with one attached hydrogen (secondary N) is 1. The molecule has 1 aromatic carbocycles. The van der Waals surface area contributed by atoms with E-state index >= 15 is 0 Å². The number of rotatable bonds is 8. The van der Waals surface area contributed by atoms with Crippen LogP contribution in [0.15, 0.2) is 30.5 Å². The Morgan fingerprint density at radius 2 is 1.97 bits per heavy atom. The highest BCUT2D eigenvalue weighted by Crippen LogP contribution is 2.46. The van der Waals surface area contributed by atoms with E-state index in [2.05, 4.69) is 15.3 Å². The fraction of sp³-hybridized carbons (Fsp3) is 0.478. The molecule has 5 atom stereocenters. The third-order valence-corrected chi connectivity index (χ3v) is 9.08. The molecule has 4 heterocycles. The predicted molar refractivity (Wildman–Crippen MR) is 138 cm³/mol. The summed E-state index contributed by atoms with van der Waals surface area (Å²) in [6.07, 6.45) is -0.444. The van der Waals surface area contributed by atoms with Crippen LogP contribution in [0.4, 0.5) is 14.6 Å². The van der Waals surface area contributed by atoms with Gasteiger partial charge in [0.25, 0.3) is 0 Å². The molecule has 10 nitrogen and oxygen atoms in total. The van der Waals surface area contributed by atoms with Crippen LogP contribution in [0.1, 0.15) is 38.6 Å². The highest BCUT2D eigenvalue weighted by Gasteiger charge is 2.56. The van der Waals surface area contributed by atoms with Crippen LogP contribution in [0.5, 0.6) is 0 Å². The highest BCUT2D eigenvalue weighted by molar-refractivity contribution is 8.04. The molecule has 206 valence electrons. The van der Waals surface area contributed by atoms with Crippen LogP contribution in [0.25, 0.3) is 11.0 Å². The van der Waals surface area contributed by atoms with Gasteiger partial charge in [0.15, 0.2) is 12.0 Å². The number of nitrogens with zero attached hydrogens (tertiary/aromatic N) is 3. The quantitative estimate of drug-likeness (QED) is 0.248. The van der Waals surface area contributed by atoms with Crippen molar-refractivity contribution in [3.63, 3.8) is 0 Å². The van der Waals surface area contributed by atoms with Crippen molar-refractivity contribution in [3.05, 3.63) is 52.9 Å². The van der Waals surface area contributed by atoms with Crippen LogP contribution in [0.3, 0.4) is 0 Å². The number of ether oxygens (including phenoxy) is 3. The van der Waals surface area contributed by atoms with Crippen LogP contribution in [-0.4, -0.2) is 59.7 Å². The number of thioether (sulfide) groups is 1. The van der Waals surface area contributed by atoms with Crippen molar-refractivity contribution in [1.29, 1.82) is 0 Å². The molecule has 0 aliphatic carbocycles. The molecule has 2 aliphatic rings. The van der Waals surface area contributed by atoms with Crippen molar-refractivity contribution in [2.45, 2.75) is 57.1 Å². The Labute approximate surface area is 226 Å². The molecule has 0 radical (unpaired) electrons. The first-order valence-corrected chi connectivity index (χ1v) is 15.0. The molecule has 2 fully saturated rings. The van der Waals surface area contributed by atoms with Gasteiger partial charge in [0.2, 0.25) is 5.28 Å². The first-order valence-electron chi connectivity index (χ1n) is 11.7. The third-order valence-electron chi connectivity index (χ3n) is 6.27. The van der Waals surface area contributed by atoms with Crippen LogP contribution >= 0.6 is 31.0 Å². The topological polar surface area (TPSA) is 128 Å². The van der Waals surface area contributed by atoms with E-state index < -0.39 is 55.6 Å². The van der Waals surface area contributed by atoms with Gasteiger partial charge in [0.05, 0.1) is 23.0 Å². The Balaban J connectivity index is 1.44. The molecule has 38 heavy (non-hydrogen) atoms. The van der Waals surface area contributed by atoms with E-state index in [0.29, 0.717) is 16.9 Å². The minimum Gasteiger partial charge on any atom is -0.363 e. The molecule has 0 spiro atoms. The van der Waals surface area contributed by atoms with Gasteiger partial charge in [-0.3, -0.25) is 4.57 Å². The zero-order valence-electron chi connectivity index (χ0n) is 20.5. The number of hydrogen-bond acceptors (Lipinski definition) is 8. The second kappa shape index (κ2) is 10.3. The Bertz CT molecular complexity index is 1410. The Morgan fingerprint density at radius 1 is 1.24 bits per heavy atom. The zero-order chi connectivity index (χ0) is 27.4. The molecule has 5 rings (SSSR count). The van der Waals surface area contributed by atoms with Gasteiger partial charge in [0.1, 0.15) is 35.3 Å². The number of benzene rings is 1. The van der Waals surface area contributed by atoms with E-state index in [-0.39, 0.29) is 22.1 Å². The highest BCUT2D eigenvalue weighted by atomic mass is 35.5. The molecule has 3 N–H and O–H groups in total. The SMILES string of the molecule is CC(Nc1nc(Cl)nc2c1ccn2[C@@H]1O[C@H](CSCP(=O)(O)O)[C@H]2OC(C)(C)O[C@H]21)c1ccc(F)cc1F. The molecular formula is C23H26ClF2N4O6PS. The lowest BCUT2D eigenvalue weighted by molar-refractivity contribution is -0.193. The molecule has 2 saturated heterocycles. The van der Waals surface area contributed by atoms with Crippen LogP contribution in [0, 0.1) is 11.6 Å². The van der Waals surface area contributed by atoms with E-state index in [1.165, 1.54) is 12.1 Å². The molecule has 0 bridgehead atoms. The van der Waals surface area contributed by atoms with Crippen molar-refractivity contribution >= 4 is 47.8 Å².